The Balaban J connectivity index is 1.21. The standard InChI is InChI=1S/C28H40F3N5O4/c1-27(39,28(29,30)31)26(38)36-20-5-7-23(36)21(16-20)25(37)32-22-6-4-19(17-24(22)40-3)34-10-8-18(9-11-34)35-14-12-33(2)13-15-35/h4,6,17-18,20-21,23,39H,5,7-16H2,1-3H3,(H,32,37). The number of likely N-dealkylation sites (N-methyl/N-ethyl adjacent to an activating group) is 1. The molecule has 4 atom stereocenters. The summed E-state index contributed by atoms with van der Waals surface area (Å²) in [5, 5.41) is 12.8. The van der Waals surface area contributed by atoms with Gasteiger partial charge in [-0.3, -0.25) is 14.5 Å². The van der Waals surface area contributed by atoms with Gasteiger partial charge in [0.2, 0.25) is 11.5 Å². The minimum atomic E-state index is -5.10. The Morgan fingerprint density at radius 1 is 1.00 bits per heavy atom. The van der Waals surface area contributed by atoms with Crippen molar-refractivity contribution in [2.75, 3.05) is 63.6 Å². The molecular weight excluding hydrogens is 527 g/mol. The third-order valence-electron chi connectivity index (χ3n) is 9.40. The number of hydrogen-bond donors (Lipinski definition) is 2. The predicted octanol–water partition coefficient (Wildman–Crippen LogP) is 2.54. The maximum Gasteiger partial charge on any atom is 0.426 e. The van der Waals surface area contributed by atoms with Crippen LogP contribution in [-0.4, -0.2) is 115 Å². The lowest BCUT2D eigenvalue weighted by Crippen LogP contribution is -2.57. The SMILES string of the molecule is COc1cc(N2CCC(N3CCN(C)CC3)CC2)ccc1NC(=O)C1CC2CCC1N2C(=O)C(C)(O)C(F)(F)F. The van der Waals surface area contributed by atoms with E-state index in [4.69, 9.17) is 4.74 Å². The minimum absolute atomic E-state index is 0.263. The molecule has 222 valence electrons. The number of fused-ring (bicyclic) bond motifs is 2. The molecular formula is C28H40F3N5O4. The first-order valence-electron chi connectivity index (χ1n) is 14.2. The number of benzene rings is 1. The Morgan fingerprint density at radius 2 is 1.68 bits per heavy atom. The molecule has 0 aromatic heterocycles. The first-order chi connectivity index (χ1) is 18.9. The van der Waals surface area contributed by atoms with Gasteiger partial charge in [0.1, 0.15) is 5.75 Å². The molecule has 5 rings (SSSR count). The minimum Gasteiger partial charge on any atom is -0.494 e. The number of piperidine rings is 1. The number of alkyl halides is 3. The molecule has 2 amide bonds. The molecule has 4 heterocycles. The van der Waals surface area contributed by atoms with Gasteiger partial charge in [-0.25, -0.2) is 0 Å². The second-order valence-electron chi connectivity index (χ2n) is 11.9. The van der Waals surface area contributed by atoms with Gasteiger partial charge < -0.3 is 29.9 Å². The van der Waals surface area contributed by atoms with Crippen molar-refractivity contribution in [3.63, 3.8) is 0 Å². The highest BCUT2D eigenvalue weighted by molar-refractivity contribution is 5.96. The summed E-state index contributed by atoms with van der Waals surface area (Å²) in [5.74, 6) is -1.91. The van der Waals surface area contributed by atoms with Gasteiger partial charge in [0.15, 0.2) is 0 Å². The van der Waals surface area contributed by atoms with E-state index in [9.17, 15) is 27.9 Å². The van der Waals surface area contributed by atoms with Crippen LogP contribution in [0.25, 0.3) is 0 Å². The van der Waals surface area contributed by atoms with E-state index in [0.717, 1.165) is 62.7 Å². The van der Waals surface area contributed by atoms with E-state index in [2.05, 4.69) is 27.1 Å². The summed E-state index contributed by atoms with van der Waals surface area (Å²) in [5.41, 5.74) is -2.00. The molecule has 4 saturated heterocycles. The quantitative estimate of drug-likeness (QED) is 0.547. The van der Waals surface area contributed by atoms with Gasteiger partial charge >= 0.3 is 6.18 Å². The third-order valence-corrected chi connectivity index (χ3v) is 9.40. The predicted molar refractivity (Wildman–Crippen MR) is 144 cm³/mol. The van der Waals surface area contributed by atoms with Crippen LogP contribution >= 0.6 is 0 Å². The van der Waals surface area contributed by atoms with Crippen LogP contribution in [0.2, 0.25) is 0 Å². The van der Waals surface area contributed by atoms with E-state index in [-0.39, 0.29) is 12.3 Å². The number of piperazine rings is 1. The molecule has 4 fully saturated rings. The number of hydrogen-bond acceptors (Lipinski definition) is 7. The van der Waals surface area contributed by atoms with Crippen molar-refractivity contribution in [3.8, 4) is 5.75 Å². The molecule has 0 aliphatic carbocycles. The Hall–Kier alpha value is -2.57. The van der Waals surface area contributed by atoms with Crippen LogP contribution in [0.1, 0.15) is 39.0 Å². The van der Waals surface area contributed by atoms with Gasteiger partial charge in [0, 0.05) is 69.1 Å². The van der Waals surface area contributed by atoms with Crippen molar-refractivity contribution in [1.82, 2.24) is 14.7 Å². The monoisotopic (exact) mass is 567 g/mol. The molecule has 2 bridgehead atoms. The van der Waals surface area contributed by atoms with Crippen molar-refractivity contribution in [2.45, 2.75) is 68.9 Å². The fraction of sp³-hybridized carbons (Fsp3) is 0.714. The average Bonchev–Trinajstić information content (AvgIpc) is 3.51. The Labute approximate surface area is 233 Å². The van der Waals surface area contributed by atoms with Crippen LogP contribution < -0.4 is 15.0 Å². The Morgan fingerprint density at radius 3 is 2.30 bits per heavy atom. The van der Waals surface area contributed by atoms with Crippen molar-refractivity contribution < 1.29 is 32.6 Å². The van der Waals surface area contributed by atoms with E-state index < -0.39 is 35.7 Å². The summed E-state index contributed by atoms with van der Waals surface area (Å²) < 4.78 is 45.6. The van der Waals surface area contributed by atoms with Gasteiger partial charge in [-0.05, 0) is 58.2 Å². The lowest BCUT2D eigenvalue weighted by molar-refractivity contribution is -0.250. The molecule has 4 unspecified atom stereocenters. The number of aliphatic hydroxyl groups is 1. The summed E-state index contributed by atoms with van der Waals surface area (Å²) in [6.07, 6.45) is -1.73. The number of methoxy groups -OCH3 is 1. The highest BCUT2D eigenvalue weighted by Crippen LogP contribution is 2.45. The highest BCUT2D eigenvalue weighted by atomic mass is 19.4. The van der Waals surface area contributed by atoms with Crippen molar-refractivity contribution in [3.05, 3.63) is 18.2 Å². The molecule has 0 saturated carbocycles. The molecule has 0 radical (unpaired) electrons. The molecule has 2 N–H and O–H groups in total. The zero-order chi connectivity index (χ0) is 28.8. The fourth-order valence-electron chi connectivity index (χ4n) is 6.84. The number of amides is 2. The maximum absolute atomic E-state index is 13.3. The molecule has 4 aliphatic heterocycles. The normalized spacial score (nSPS) is 28.0. The number of halogens is 3. The van der Waals surface area contributed by atoms with Crippen LogP contribution in [0.3, 0.4) is 0 Å². The summed E-state index contributed by atoms with van der Waals surface area (Å²) in [6, 6.07) is 5.06. The smallest absolute Gasteiger partial charge is 0.426 e. The van der Waals surface area contributed by atoms with Gasteiger partial charge in [0.25, 0.3) is 5.91 Å². The Kier molecular flexibility index (Phi) is 7.97. The summed E-state index contributed by atoms with van der Waals surface area (Å²) in [7, 11) is 3.70. The topological polar surface area (TPSA) is 88.6 Å². The van der Waals surface area contributed by atoms with E-state index in [1.807, 2.05) is 12.1 Å². The Bertz CT molecular complexity index is 1100. The zero-order valence-corrected chi connectivity index (χ0v) is 23.4. The molecule has 12 heteroatoms. The van der Waals surface area contributed by atoms with E-state index in [1.165, 1.54) is 7.11 Å². The lowest BCUT2D eigenvalue weighted by Gasteiger charge is -2.42. The maximum atomic E-state index is 13.3. The van der Waals surface area contributed by atoms with Gasteiger partial charge in [-0.2, -0.15) is 13.2 Å². The number of anilines is 2. The van der Waals surface area contributed by atoms with E-state index >= 15 is 0 Å². The lowest BCUT2D eigenvalue weighted by atomic mass is 9.88. The first kappa shape index (κ1) is 28.9. The van der Waals surface area contributed by atoms with Crippen molar-refractivity contribution in [2.24, 2.45) is 5.92 Å². The number of nitrogens with one attached hydrogen (secondary N) is 1. The van der Waals surface area contributed by atoms with Crippen LogP contribution in [-0.2, 0) is 9.59 Å². The van der Waals surface area contributed by atoms with Gasteiger partial charge in [0.05, 0.1) is 18.7 Å². The zero-order valence-electron chi connectivity index (χ0n) is 23.4. The molecule has 4 aliphatic rings. The van der Waals surface area contributed by atoms with E-state index in [1.54, 1.807) is 6.07 Å². The second-order valence-corrected chi connectivity index (χ2v) is 11.9. The molecule has 1 aromatic rings. The van der Waals surface area contributed by atoms with Gasteiger partial charge in [-0.15, -0.1) is 0 Å². The fourth-order valence-corrected chi connectivity index (χ4v) is 6.84. The number of carbonyl (C=O) groups excluding carboxylic acids is 2. The van der Waals surface area contributed by atoms with Crippen LogP contribution in [0, 0.1) is 5.92 Å². The number of ether oxygens (including phenoxy) is 1. The first-order valence-corrected chi connectivity index (χ1v) is 14.2. The number of carbonyl (C=O) groups is 2. The number of nitrogens with zero attached hydrogens (tertiary/aromatic N) is 4. The molecule has 1 aromatic carbocycles. The van der Waals surface area contributed by atoms with Crippen LogP contribution in [0.4, 0.5) is 24.5 Å². The molecule has 40 heavy (non-hydrogen) atoms. The second kappa shape index (κ2) is 11.0. The van der Waals surface area contributed by atoms with Gasteiger partial charge in [-0.1, -0.05) is 0 Å². The summed E-state index contributed by atoms with van der Waals surface area (Å²) >= 11 is 0. The van der Waals surface area contributed by atoms with Crippen LogP contribution in [0.5, 0.6) is 5.75 Å². The van der Waals surface area contributed by atoms with Crippen LogP contribution in [0.15, 0.2) is 18.2 Å². The summed E-state index contributed by atoms with van der Waals surface area (Å²) in [4.78, 5) is 34.4. The molecule has 9 nitrogen and oxygen atoms in total. The summed E-state index contributed by atoms with van der Waals surface area (Å²) in [6.45, 7) is 6.78. The highest BCUT2D eigenvalue weighted by Gasteiger charge is 2.62. The van der Waals surface area contributed by atoms with E-state index in [0.29, 0.717) is 37.2 Å². The van der Waals surface area contributed by atoms with Crippen molar-refractivity contribution in [1.29, 1.82) is 0 Å². The number of rotatable bonds is 6. The third kappa shape index (κ3) is 5.37. The molecule has 0 spiro atoms. The largest absolute Gasteiger partial charge is 0.494 e. The van der Waals surface area contributed by atoms with Crippen molar-refractivity contribution >= 4 is 23.2 Å². The average molecular weight is 568 g/mol.